The van der Waals surface area contributed by atoms with Crippen molar-refractivity contribution in [2.45, 2.75) is 44.8 Å². The first-order chi connectivity index (χ1) is 9.88. The number of aromatic nitrogens is 2. The van der Waals surface area contributed by atoms with Crippen LogP contribution in [0.2, 0.25) is 0 Å². The molecule has 0 radical (unpaired) electrons. The molecule has 21 heavy (non-hydrogen) atoms. The molecule has 0 saturated carbocycles. The molecule has 8 heteroatoms. The van der Waals surface area contributed by atoms with Gasteiger partial charge in [0.25, 0.3) is 0 Å². The molecule has 0 bridgehead atoms. The standard InChI is InChI=1S/C13H22N4O3S/c1-11(9-16-8-6-14-10-16)15-13(18)12-5-3-4-7-17(12)21(2,19)20/h6,8,10-12H,3-5,7,9H2,1-2H3,(H,15,18)/t11-,12-/m0/s1. The maximum Gasteiger partial charge on any atom is 0.238 e. The number of carbonyl (C=O) groups excluding carboxylic acids is 1. The van der Waals surface area contributed by atoms with E-state index in [9.17, 15) is 13.2 Å². The molecule has 118 valence electrons. The zero-order chi connectivity index (χ0) is 15.5. The summed E-state index contributed by atoms with van der Waals surface area (Å²) in [6.07, 6.45) is 8.62. The van der Waals surface area contributed by atoms with Gasteiger partial charge < -0.3 is 9.88 Å². The summed E-state index contributed by atoms with van der Waals surface area (Å²) in [4.78, 5) is 16.3. The molecular formula is C13H22N4O3S. The van der Waals surface area contributed by atoms with Crippen LogP contribution >= 0.6 is 0 Å². The average molecular weight is 314 g/mol. The Hall–Kier alpha value is -1.41. The van der Waals surface area contributed by atoms with Gasteiger partial charge >= 0.3 is 0 Å². The minimum atomic E-state index is -3.35. The second kappa shape index (κ2) is 6.57. The molecule has 1 aromatic rings. The van der Waals surface area contributed by atoms with Crippen molar-refractivity contribution < 1.29 is 13.2 Å². The Morgan fingerprint density at radius 2 is 2.24 bits per heavy atom. The van der Waals surface area contributed by atoms with Crippen LogP contribution in [0.3, 0.4) is 0 Å². The summed E-state index contributed by atoms with van der Waals surface area (Å²) < 4.78 is 26.7. The first-order valence-electron chi connectivity index (χ1n) is 7.11. The number of amides is 1. The molecule has 0 spiro atoms. The van der Waals surface area contributed by atoms with E-state index in [1.165, 1.54) is 4.31 Å². The van der Waals surface area contributed by atoms with Crippen molar-refractivity contribution in [2.75, 3.05) is 12.8 Å². The summed E-state index contributed by atoms with van der Waals surface area (Å²) in [5.74, 6) is -0.215. The summed E-state index contributed by atoms with van der Waals surface area (Å²) in [6, 6.07) is -0.672. The van der Waals surface area contributed by atoms with Crippen molar-refractivity contribution in [3.8, 4) is 0 Å². The Labute approximate surface area is 125 Å². The van der Waals surface area contributed by atoms with E-state index in [-0.39, 0.29) is 11.9 Å². The van der Waals surface area contributed by atoms with Gasteiger partial charge in [-0.25, -0.2) is 13.4 Å². The number of rotatable bonds is 5. The minimum absolute atomic E-state index is 0.0879. The highest BCUT2D eigenvalue weighted by Crippen LogP contribution is 2.20. The first kappa shape index (κ1) is 16.0. The quantitative estimate of drug-likeness (QED) is 0.841. The van der Waals surface area contributed by atoms with E-state index in [1.54, 1.807) is 12.5 Å². The van der Waals surface area contributed by atoms with Gasteiger partial charge in [-0.3, -0.25) is 4.79 Å². The lowest BCUT2D eigenvalue weighted by Crippen LogP contribution is -2.53. The number of carbonyl (C=O) groups is 1. The Morgan fingerprint density at radius 1 is 1.48 bits per heavy atom. The van der Waals surface area contributed by atoms with E-state index in [1.807, 2.05) is 17.7 Å². The highest BCUT2D eigenvalue weighted by molar-refractivity contribution is 7.88. The number of piperidine rings is 1. The topological polar surface area (TPSA) is 84.3 Å². The molecule has 1 aliphatic heterocycles. The van der Waals surface area contributed by atoms with Crippen LogP contribution < -0.4 is 5.32 Å². The van der Waals surface area contributed by atoms with Crippen LogP contribution in [0, 0.1) is 0 Å². The van der Waals surface area contributed by atoms with E-state index in [0.717, 1.165) is 19.1 Å². The predicted octanol–water partition coefficient (Wildman–Crippen LogP) is 0.202. The lowest BCUT2D eigenvalue weighted by atomic mass is 10.0. The molecule has 1 aromatic heterocycles. The smallest absolute Gasteiger partial charge is 0.238 e. The number of sulfonamides is 1. The molecule has 1 N–H and O–H groups in total. The molecule has 2 atom stereocenters. The van der Waals surface area contributed by atoms with Crippen molar-refractivity contribution in [3.05, 3.63) is 18.7 Å². The van der Waals surface area contributed by atoms with Gasteiger partial charge in [-0.05, 0) is 19.8 Å². The van der Waals surface area contributed by atoms with Gasteiger partial charge in [-0.1, -0.05) is 6.42 Å². The van der Waals surface area contributed by atoms with Gasteiger partial charge in [0.1, 0.15) is 6.04 Å². The molecule has 1 saturated heterocycles. The van der Waals surface area contributed by atoms with Gasteiger partial charge in [0.2, 0.25) is 15.9 Å². The largest absolute Gasteiger partial charge is 0.350 e. The summed E-state index contributed by atoms with van der Waals surface area (Å²) in [5.41, 5.74) is 0. The third-order valence-corrected chi connectivity index (χ3v) is 4.90. The van der Waals surface area contributed by atoms with E-state index >= 15 is 0 Å². The molecule has 1 amide bonds. The summed E-state index contributed by atoms with van der Waals surface area (Å²) in [5, 5.41) is 2.90. The number of hydrogen-bond donors (Lipinski definition) is 1. The van der Waals surface area contributed by atoms with E-state index in [4.69, 9.17) is 0 Å². The van der Waals surface area contributed by atoms with E-state index in [0.29, 0.717) is 19.5 Å². The van der Waals surface area contributed by atoms with Gasteiger partial charge in [0, 0.05) is 31.5 Å². The molecule has 1 aliphatic rings. The summed E-state index contributed by atoms with van der Waals surface area (Å²) in [6.45, 7) is 2.93. The zero-order valence-corrected chi connectivity index (χ0v) is 13.2. The maximum atomic E-state index is 12.4. The first-order valence-corrected chi connectivity index (χ1v) is 8.95. The Bertz CT molecular complexity index is 570. The van der Waals surface area contributed by atoms with E-state index in [2.05, 4.69) is 10.3 Å². The van der Waals surface area contributed by atoms with Gasteiger partial charge in [-0.2, -0.15) is 4.31 Å². The van der Waals surface area contributed by atoms with Crippen LogP contribution in [0.25, 0.3) is 0 Å². The molecule has 2 rings (SSSR count). The second-order valence-corrected chi connectivity index (χ2v) is 7.49. The monoisotopic (exact) mass is 314 g/mol. The molecule has 0 unspecified atom stereocenters. The van der Waals surface area contributed by atoms with Crippen LogP contribution in [0.5, 0.6) is 0 Å². The lowest BCUT2D eigenvalue weighted by Gasteiger charge is -2.33. The molecule has 1 fully saturated rings. The number of hydrogen-bond acceptors (Lipinski definition) is 4. The predicted molar refractivity (Wildman–Crippen MR) is 79.0 cm³/mol. The van der Waals surface area contributed by atoms with Crippen LogP contribution in [-0.4, -0.2) is 53.1 Å². The highest BCUT2D eigenvalue weighted by Gasteiger charge is 2.34. The van der Waals surface area contributed by atoms with E-state index < -0.39 is 16.1 Å². The second-order valence-electron chi connectivity index (χ2n) is 5.55. The third-order valence-electron chi connectivity index (χ3n) is 3.61. The molecule has 0 aromatic carbocycles. The van der Waals surface area contributed by atoms with Crippen molar-refractivity contribution in [1.82, 2.24) is 19.2 Å². The van der Waals surface area contributed by atoms with Crippen LogP contribution in [0.1, 0.15) is 26.2 Å². The van der Waals surface area contributed by atoms with Crippen LogP contribution in [0.15, 0.2) is 18.7 Å². The Morgan fingerprint density at radius 3 is 2.86 bits per heavy atom. The van der Waals surface area contributed by atoms with Crippen molar-refractivity contribution >= 4 is 15.9 Å². The summed E-state index contributed by atoms with van der Waals surface area (Å²) in [7, 11) is -3.35. The van der Waals surface area contributed by atoms with Crippen molar-refractivity contribution in [2.24, 2.45) is 0 Å². The highest BCUT2D eigenvalue weighted by atomic mass is 32.2. The normalized spacial score (nSPS) is 21.9. The molecule has 7 nitrogen and oxygen atoms in total. The fraction of sp³-hybridized carbons (Fsp3) is 0.692. The van der Waals surface area contributed by atoms with Crippen LogP contribution in [-0.2, 0) is 21.4 Å². The van der Waals surface area contributed by atoms with Crippen molar-refractivity contribution in [1.29, 1.82) is 0 Å². The summed E-state index contributed by atoms with van der Waals surface area (Å²) >= 11 is 0. The number of imidazole rings is 1. The zero-order valence-electron chi connectivity index (χ0n) is 12.4. The average Bonchev–Trinajstić information content (AvgIpc) is 2.90. The fourth-order valence-corrected chi connectivity index (χ4v) is 3.78. The van der Waals surface area contributed by atoms with Crippen molar-refractivity contribution in [3.63, 3.8) is 0 Å². The Balaban J connectivity index is 1.97. The van der Waals surface area contributed by atoms with Gasteiger partial charge in [0.15, 0.2) is 0 Å². The molecular weight excluding hydrogens is 292 g/mol. The fourth-order valence-electron chi connectivity index (χ4n) is 2.66. The maximum absolute atomic E-state index is 12.4. The SMILES string of the molecule is C[C@@H](Cn1ccnc1)NC(=O)[C@@H]1CCCCN1S(C)(=O)=O. The minimum Gasteiger partial charge on any atom is -0.350 e. The van der Waals surface area contributed by atoms with Crippen LogP contribution in [0.4, 0.5) is 0 Å². The third kappa shape index (κ3) is 4.28. The number of nitrogens with one attached hydrogen (secondary N) is 1. The van der Waals surface area contributed by atoms with Gasteiger partial charge in [-0.15, -0.1) is 0 Å². The van der Waals surface area contributed by atoms with Gasteiger partial charge in [0.05, 0.1) is 12.6 Å². The number of nitrogens with zero attached hydrogens (tertiary/aromatic N) is 3. The lowest BCUT2D eigenvalue weighted by molar-refractivity contribution is -0.126. The molecule has 2 heterocycles. The molecule has 0 aliphatic carbocycles. The Kier molecular flexibility index (Phi) is 5.00.